The Morgan fingerprint density at radius 2 is 1.84 bits per heavy atom. The van der Waals surface area contributed by atoms with Crippen molar-refractivity contribution in [3.8, 4) is 0 Å². The molecule has 3 rings (SSSR count). The summed E-state index contributed by atoms with van der Waals surface area (Å²) in [5.74, 6) is 0.0583. The topological polar surface area (TPSA) is 273 Å². The second-order valence-electron chi connectivity index (χ2n) is 6.37. The smallest absolute Gasteiger partial charge is 0.387 e. The third-order valence-electron chi connectivity index (χ3n) is 3.97. The first-order valence-corrected chi connectivity index (χ1v) is 13.1. The molecule has 17 nitrogen and oxygen atoms in total. The minimum Gasteiger partial charge on any atom is -0.387 e. The van der Waals surface area contributed by atoms with Gasteiger partial charge in [0.15, 0.2) is 17.7 Å². The molecule has 2 aromatic rings. The molecule has 2 aromatic heterocycles. The third-order valence-corrected chi connectivity index (χ3v) is 8.98. The zero-order chi connectivity index (χ0) is 23.2. The van der Waals surface area contributed by atoms with Crippen LogP contribution in [0, 0.1) is 0 Å². The maximum atomic E-state index is 11.9. The number of phosphoric acid groups is 1. The van der Waals surface area contributed by atoms with Gasteiger partial charge in [0.05, 0.1) is 23.8 Å². The molecule has 1 aliphatic rings. The Labute approximate surface area is 174 Å². The van der Waals surface area contributed by atoms with Crippen LogP contribution in [0.5, 0.6) is 0 Å². The van der Waals surface area contributed by atoms with Crippen molar-refractivity contribution < 1.29 is 56.4 Å². The fraction of sp³-hybridized carbons (Fsp3) is 0.545. The van der Waals surface area contributed by atoms with E-state index in [1.165, 1.54) is 10.9 Å². The number of fused-ring (bicyclic) bond motifs is 1. The van der Waals surface area contributed by atoms with E-state index >= 15 is 0 Å². The van der Waals surface area contributed by atoms with Crippen LogP contribution in [0.15, 0.2) is 12.7 Å². The fourth-order valence-electron chi connectivity index (χ4n) is 2.75. The summed E-state index contributed by atoms with van der Waals surface area (Å²) < 4.78 is 65.1. The van der Waals surface area contributed by atoms with Crippen molar-refractivity contribution in [2.45, 2.75) is 24.5 Å². The summed E-state index contributed by atoms with van der Waals surface area (Å²) in [5.41, 5.74) is 4.43. The molecule has 1 saturated heterocycles. The highest BCUT2D eigenvalue weighted by atomic mass is 32.3. The van der Waals surface area contributed by atoms with Gasteiger partial charge in [-0.15, -0.1) is 0 Å². The third kappa shape index (κ3) is 5.77. The number of hydrogen-bond acceptors (Lipinski definition) is 14. The molecular formula is C11H19N5O12P2S. The molecule has 0 radical (unpaired) electrons. The molecule has 0 aromatic carbocycles. The Balaban J connectivity index is 1.68. The SMILES string of the molecule is Nc1ncnc2c1ncn2[C@H]1O[C@@H](COP(=O)(O)OP(=O)(O)CS(O)(O)O)[C@@H](O)[C@H]1O. The number of rotatable bonds is 8. The molecule has 0 bridgehead atoms. The second-order valence-corrected chi connectivity index (χ2v) is 11.8. The number of aliphatic hydroxyl groups excluding tert-OH is 2. The molecule has 0 aliphatic carbocycles. The van der Waals surface area contributed by atoms with Crippen LogP contribution in [-0.4, -0.2) is 83.6 Å². The average Bonchev–Trinajstić information content (AvgIpc) is 3.13. The van der Waals surface area contributed by atoms with Crippen LogP contribution < -0.4 is 5.73 Å². The van der Waals surface area contributed by atoms with Gasteiger partial charge in [-0.3, -0.25) is 13.7 Å². The molecule has 31 heavy (non-hydrogen) atoms. The summed E-state index contributed by atoms with van der Waals surface area (Å²) >= 11 is 0. The lowest BCUT2D eigenvalue weighted by Crippen LogP contribution is -2.33. The fourth-order valence-corrected chi connectivity index (χ4v) is 6.93. The lowest BCUT2D eigenvalue weighted by molar-refractivity contribution is -0.0501. The molecular weight excluding hydrogens is 488 g/mol. The Hall–Kier alpha value is -1.24. The van der Waals surface area contributed by atoms with E-state index in [4.69, 9.17) is 24.1 Å². The van der Waals surface area contributed by atoms with E-state index < -0.39 is 62.9 Å². The molecule has 9 N–H and O–H groups in total. The van der Waals surface area contributed by atoms with Crippen molar-refractivity contribution in [2.75, 3.05) is 17.8 Å². The predicted molar refractivity (Wildman–Crippen MR) is 103 cm³/mol. The van der Waals surface area contributed by atoms with Gasteiger partial charge in [-0.05, 0) is 0 Å². The number of imidazole rings is 1. The quantitative estimate of drug-likeness (QED) is 0.210. The Morgan fingerprint density at radius 1 is 1.16 bits per heavy atom. The van der Waals surface area contributed by atoms with Gasteiger partial charge < -0.3 is 44.1 Å². The number of ether oxygens (including phenoxy) is 1. The zero-order valence-corrected chi connectivity index (χ0v) is 17.8. The summed E-state index contributed by atoms with van der Waals surface area (Å²) in [4.78, 5) is 30.7. The van der Waals surface area contributed by atoms with Crippen molar-refractivity contribution in [2.24, 2.45) is 0 Å². The maximum absolute atomic E-state index is 11.9. The number of hydrogen-bond donors (Lipinski definition) is 8. The highest BCUT2D eigenvalue weighted by Gasteiger charge is 2.46. The van der Waals surface area contributed by atoms with Crippen molar-refractivity contribution in [3.63, 3.8) is 0 Å². The van der Waals surface area contributed by atoms with E-state index in [9.17, 15) is 29.1 Å². The van der Waals surface area contributed by atoms with Gasteiger partial charge >= 0.3 is 15.4 Å². The number of anilines is 1. The number of nitrogens with two attached hydrogens (primary N) is 1. The van der Waals surface area contributed by atoms with E-state index in [1.807, 2.05) is 0 Å². The van der Waals surface area contributed by atoms with Crippen LogP contribution in [-0.2, 0) is 22.7 Å². The van der Waals surface area contributed by atoms with Gasteiger partial charge in [0.2, 0.25) is 0 Å². The van der Waals surface area contributed by atoms with E-state index in [1.54, 1.807) is 0 Å². The Morgan fingerprint density at radius 3 is 2.48 bits per heavy atom. The predicted octanol–water partition coefficient (Wildman–Crippen LogP) is -0.472. The van der Waals surface area contributed by atoms with Gasteiger partial charge in [0.25, 0.3) is 0 Å². The molecule has 0 amide bonds. The summed E-state index contributed by atoms with van der Waals surface area (Å²) in [6, 6.07) is 0. The molecule has 0 spiro atoms. The first kappa shape index (κ1) is 24.4. The molecule has 20 heteroatoms. The van der Waals surface area contributed by atoms with Crippen LogP contribution in [0.2, 0.25) is 0 Å². The Bertz CT molecular complexity index is 1050. The molecule has 3 heterocycles. The van der Waals surface area contributed by atoms with Crippen LogP contribution in [0.3, 0.4) is 0 Å². The highest BCUT2D eigenvalue weighted by Crippen LogP contribution is 2.64. The van der Waals surface area contributed by atoms with Gasteiger partial charge in [0.1, 0.15) is 35.6 Å². The number of nitrogen functional groups attached to an aromatic ring is 1. The largest absolute Gasteiger partial charge is 0.479 e. The van der Waals surface area contributed by atoms with Gasteiger partial charge in [0, 0.05) is 0 Å². The van der Waals surface area contributed by atoms with Gasteiger partial charge in [-0.2, -0.15) is 0 Å². The molecule has 2 unspecified atom stereocenters. The minimum atomic E-state index is -5.29. The van der Waals surface area contributed by atoms with E-state index in [-0.39, 0.29) is 17.0 Å². The summed E-state index contributed by atoms with van der Waals surface area (Å²) in [7, 11) is -14.9. The lowest BCUT2D eigenvalue weighted by Gasteiger charge is -2.23. The van der Waals surface area contributed by atoms with Crippen molar-refractivity contribution in [3.05, 3.63) is 12.7 Å². The van der Waals surface area contributed by atoms with Gasteiger partial charge in [-0.1, -0.05) is 0 Å². The highest BCUT2D eigenvalue weighted by molar-refractivity contribution is 8.22. The molecule has 176 valence electrons. The molecule has 1 aliphatic heterocycles. The summed E-state index contributed by atoms with van der Waals surface area (Å²) in [6.45, 7) is -0.887. The molecule has 1 fully saturated rings. The molecule has 6 atom stereocenters. The van der Waals surface area contributed by atoms with Gasteiger partial charge in [-0.25, -0.2) is 23.8 Å². The number of aromatic nitrogens is 4. The van der Waals surface area contributed by atoms with Crippen molar-refractivity contribution in [1.29, 1.82) is 0 Å². The zero-order valence-electron chi connectivity index (χ0n) is 15.2. The van der Waals surface area contributed by atoms with Crippen LogP contribution >= 0.6 is 26.3 Å². The van der Waals surface area contributed by atoms with Crippen LogP contribution in [0.25, 0.3) is 11.2 Å². The first-order chi connectivity index (χ1) is 14.2. The summed E-state index contributed by atoms with van der Waals surface area (Å²) in [6.07, 6.45) is -3.50. The molecule has 0 saturated carbocycles. The minimum absolute atomic E-state index is 0.0583. The van der Waals surface area contributed by atoms with Crippen molar-refractivity contribution in [1.82, 2.24) is 19.5 Å². The lowest BCUT2D eigenvalue weighted by atomic mass is 10.1. The van der Waals surface area contributed by atoms with Crippen LogP contribution in [0.4, 0.5) is 5.82 Å². The second kappa shape index (κ2) is 8.60. The normalized spacial score (nSPS) is 29.0. The summed E-state index contributed by atoms with van der Waals surface area (Å²) in [5, 5.41) is 20.5. The van der Waals surface area contributed by atoms with Crippen LogP contribution in [0.1, 0.15) is 6.23 Å². The number of aliphatic hydroxyl groups is 2. The first-order valence-electron chi connectivity index (χ1n) is 8.12. The van der Waals surface area contributed by atoms with Crippen molar-refractivity contribution >= 4 is 43.3 Å². The Kier molecular flexibility index (Phi) is 6.77. The number of nitrogens with zero attached hydrogens (tertiary/aromatic N) is 4. The standard InChI is InChI=1S/C11H19N5O12P2S/c12-9-6-10(14-2-13-9)16(3-15-6)11-8(18)7(17)5(27-11)1-26-30(21,22)28-29(19,20)4-31(23,24)25/h2-3,5,7-8,11,17-18,23-25H,1,4H2,(H,19,20)(H,21,22)(H2,12,13,14)/t5-,7+,8+,11-/m0/s1. The van der Waals surface area contributed by atoms with E-state index in [2.05, 4.69) is 23.8 Å². The van der Waals surface area contributed by atoms with E-state index in [0.29, 0.717) is 0 Å². The average molecular weight is 507 g/mol. The monoisotopic (exact) mass is 507 g/mol. The number of phosphoric ester groups is 1. The maximum Gasteiger partial charge on any atom is 0.479 e. The van der Waals surface area contributed by atoms with E-state index in [0.717, 1.165) is 6.33 Å².